The van der Waals surface area contributed by atoms with Crippen LogP contribution in [-0.2, 0) is 38.4 Å². The van der Waals surface area contributed by atoms with Gasteiger partial charge in [-0.25, -0.2) is 0 Å². The first-order chi connectivity index (χ1) is 27.9. The Morgan fingerprint density at radius 3 is 1.67 bits per heavy atom. The van der Waals surface area contributed by atoms with E-state index >= 15 is 14.4 Å². The highest BCUT2D eigenvalue weighted by atomic mass is 16.2. The molecule has 3 aromatic rings. The number of carbonyl (C=O) groups is 4. The van der Waals surface area contributed by atoms with Gasteiger partial charge in [-0.1, -0.05) is 119 Å². The van der Waals surface area contributed by atoms with E-state index in [1.807, 2.05) is 105 Å². The minimum atomic E-state index is -1.50. The number of rotatable bonds is 17. The molecule has 0 saturated heterocycles. The third-order valence-corrected chi connectivity index (χ3v) is 12.7. The predicted octanol–water partition coefficient (Wildman–Crippen LogP) is 6.12. The van der Waals surface area contributed by atoms with Crippen LogP contribution < -0.4 is 27.0 Å². The van der Waals surface area contributed by atoms with Crippen molar-refractivity contribution in [1.29, 1.82) is 0 Å². The second-order valence-corrected chi connectivity index (χ2v) is 17.3. The van der Waals surface area contributed by atoms with Crippen molar-refractivity contribution in [3.63, 3.8) is 0 Å². The molecule has 0 aromatic heterocycles. The van der Waals surface area contributed by atoms with Gasteiger partial charge in [0.25, 0.3) is 0 Å². The molecule has 4 aliphatic heterocycles. The third-order valence-electron chi connectivity index (χ3n) is 12.7. The van der Waals surface area contributed by atoms with Crippen molar-refractivity contribution >= 4 is 23.1 Å². The van der Waals surface area contributed by atoms with Crippen LogP contribution in [0.4, 0.5) is 0 Å². The quantitative estimate of drug-likeness (QED) is 0.103. The minimum absolute atomic E-state index is 0.123. The standard InChI is InChI=1S/C49H57N5O4/c1-33(2)22-24-46(27-36-18-10-6-11-19-36)43(56)39(30-51-46)48(28-37-20-12-7-13-21-37)44(57)40(31-53-48)47(23-14-15-25-50)45(58)41(32-52-47)49(34(3)4)42(55)38(29-54-49)26-35-16-8-5-9-17-35/h5-13,16-21,29-34,51-54H,14-15,22-28,50H2,1-4H3/t46-,47+,48-,49-/m1/s1. The predicted molar refractivity (Wildman–Crippen MR) is 228 cm³/mol. The van der Waals surface area contributed by atoms with E-state index in [2.05, 4.69) is 35.1 Å². The Kier molecular flexibility index (Phi) is 11.5. The van der Waals surface area contributed by atoms with E-state index in [0.717, 1.165) is 23.1 Å². The van der Waals surface area contributed by atoms with E-state index in [4.69, 9.17) is 5.73 Å². The van der Waals surface area contributed by atoms with Crippen LogP contribution in [0.5, 0.6) is 0 Å². The summed E-state index contributed by atoms with van der Waals surface area (Å²) in [5.41, 5.74) is 5.08. The van der Waals surface area contributed by atoms with Crippen LogP contribution in [0.2, 0.25) is 0 Å². The number of nitrogens with two attached hydrogens (primary N) is 1. The molecule has 0 saturated carbocycles. The summed E-state index contributed by atoms with van der Waals surface area (Å²) in [5, 5.41) is 13.8. The van der Waals surface area contributed by atoms with Crippen LogP contribution in [0.25, 0.3) is 0 Å². The fourth-order valence-electron chi connectivity index (χ4n) is 9.38. The van der Waals surface area contributed by atoms with Gasteiger partial charge in [-0.3, -0.25) is 19.2 Å². The fourth-order valence-corrected chi connectivity index (χ4v) is 9.38. The molecule has 9 heteroatoms. The van der Waals surface area contributed by atoms with E-state index in [1.165, 1.54) is 0 Å². The molecule has 9 nitrogen and oxygen atoms in total. The zero-order valence-electron chi connectivity index (χ0n) is 34.2. The van der Waals surface area contributed by atoms with Gasteiger partial charge < -0.3 is 27.0 Å². The SMILES string of the molecule is CC(C)CC[C@]1(Cc2ccccc2)NC=C([C@@]2(Cc3ccccc3)NC=C([C@]3(CCCCN)NC=C([C@@]4(C(C)C)NC=C(Cc5ccccc5)C4=O)C3=O)C2=O)C1=O. The number of hydrogen-bond acceptors (Lipinski definition) is 9. The molecule has 0 unspecified atom stereocenters. The Morgan fingerprint density at radius 2 is 1.07 bits per heavy atom. The third kappa shape index (κ3) is 7.04. The Hall–Kier alpha value is -5.54. The summed E-state index contributed by atoms with van der Waals surface area (Å²) in [4.78, 5) is 60.8. The summed E-state index contributed by atoms with van der Waals surface area (Å²) in [6.45, 7) is 8.59. The van der Waals surface area contributed by atoms with Gasteiger partial charge >= 0.3 is 0 Å². The summed E-state index contributed by atoms with van der Waals surface area (Å²) >= 11 is 0. The van der Waals surface area contributed by atoms with Crippen molar-refractivity contribution in [2.24, 2.45) is 17.6 Å². The number of hydrogen-bond donors (Lipinski definition) is 5. The molecule has 58 heavy (non-hydrogen) atoms. The van der Waals surface area contributed by atoms with E-state index in [0.29, 0.717) is 61.3 Å². The maximum absolute atomic E-state index is 15.6. The van der Waals surface area contributed by atoms with Crippen LogP contribution in [0.1, 0.15) is 76.5 Å². The summed E-state index contributed by atoms with van der Waals surface area (Å²) in [7, 11) is 0. The number of nitrogens with one attached hydrogen (secondary N) is 4. The highest BCUT2D eigenvalue weighted by Gasteiger charge is 2.63. The Morgan fingerprint density at radius 1 is 0.534 bits per heavy atom. The summed E-state index contributed by atoms with van der Waals surface area (Å²) < 4.78 is 0. The molecule has 0 radical (unpaired) electrons. The molecule has 0 spiro atoms. The Bertz CT molecular complexity index is 2180. The second kappa shape index (κ2) is 16.4. The van der Waals surface area contributed by atoms with Crippen LogP contribution in [0.15, 0.2) is 138 Å². The maximum Gasteiger partial charge on any atom is 0.193 e. The van der Waals surface area contributed by atoms with Crippen molar-refractivity contribution in [2.45, 2.75) is 101 Å². The normalized spacial score (nSPS) is 26.6. The Balaban J connectivity index is 1.26. The molecule has 0 fully saturated rings. The molecule has 0 bridgehead atoms. The van der Waals surface area contributed by atoms with Gasteiger partial charge in [0.05, 0.1) is 0 Å². The van der Waals surface area contributed by atoms with Crippen molar-refractivity contribution < 1.29 is 19.2 Å². The lowest BCUT2D eigenvalue weighted by Crippen LogP contribution is -2.59. The number of carbonyl (C=O) groups excluding carboxylic acids is 4. The summed E-state index contributed by atoms with van der Waals surface area (Å²) in [6.07, 6.45) is 10.7. The largest absolute Gasteiger partial charge is 0.378 e. The van der Waals surface area contributed by atoms with E-state index in [9.17, 15) is 4.79 Å². The van der Waals surface area contributed by atoms with Crippen molar-refractivity contribution in [1.82, 2.24) is 21.3 Å². The zero-order valence-corrected chi connectivity index (χ0v) is 34.2. The number of unbranched alkanes of at least 4 members (excludes halogenated alkanes) is 1. The van der Waals surface area contributed by atoms with E-state index in [-0.39, 0.29) is 47.5 Å². The van der Waals surface area contributed by atoms with Crippen LogP contribution >= 0.6 is 0 Å². The topological polar surface area (TPSA) is 142 Å². The molecule has 0 aliphatic carbocycles. The molecule has 0 amide bonds. The van der Waals surface area contributed by atoms with Crippen LogP contribution in [0.3, 0.4) is 0 Å². The molecule has 4 heterocycles. The van der Waals surface area contributed by atoms with Gasteiger partial charge in [0.15, 0.2) is 23.1 Å². The van der Waals surface area contributed by atoms with E-state index < -0.39 is 22.2 Å². The smallest absolute Gasteiger partial charge is 0.193 e. The van der Waals surface area contributed by atoms with Crippen LogP contribution in [0, 0.1) is 11.8 Å². The summed E-state index contributed by atoms with van der Waals surface area (Å²) in [6, 6.07) is 29.5. The molecule has 6 N–H and O–H groups in total. The Labute approximate surface area is 342 Å². The molecule has 3 aromatic carbocycles. The second-order valence-electron chi connectivity index (χ2n) is 17.3. The van der Waals surface area contributed by atoms with Crippen molar-refractivity contribution in [2.75, 3.05) is 6.54 Å². The molecule has 4 aliphatic rings. The summed E-state index contributed by atoms with van der Waals surface area (Å²) in [5.74, 6) is -0.892. The fraction of sp³-hybridized carbons (Fsp3) is 0.388. The number of ketones is 4. The lowest BCUT2D eigenvalue weighted by atomic mass is 9.67. The first-order valence-corrected chi connectivity index (χ1v) is 20.9. The highest BCUT2D eigenvalue weighted by Crippen LogP contribution is 2.46. The molecule has 4 atom stereocenters. The van der Waals surface area contributed by atoms with Gasteiger partial charge in [-0.05, 0) is 67.2 Å². The minimum Gasteiger partial charge on any atom is -0.378 e. The molecule has 7 rings (SSSR count). The average Bonchev–Trinajstić information content (AvgIpc) is 3.94. The van der Waals surface area contributed by atoms with Gasteiger partial charge in [0.2, 0.25) is 0 Å². The zero-order chi connectivity index (χ0) is 41.1. The van der Waals surface area contributed by atoms with Crippen LogP contribution in [-0.4, -0.2) is 51.8 Å². The average molecular weight is 780 g/mol. The van der Waals surface area contributed by atoms with E-state index in [1.54, 1.807) is 24.8 Å². The van der Waals surface area contributed by atoms with Gasteiger partial charge in [0, 0.05) is 66.4 Å². The van der Waals surface area contributed by atoms with Crippen molar-refractivity contribution in [3.8, 4) is 0 Å². The molecule has 302 valence electrons. The first kappa shape index (κ1) is 40.6. The van der Waals surface area contributed by atoms with Gasteiger partial charge in [-0.15, -0.1) is 0 Å². The molecular weight excluding hydrogens is 723 g/mol. The van der Waals surface area contributed by atoms with Gasteiger partial charge in [0.1, 0.15) is 22.2 Å². The van der Waals surface area contributed by atoms with Crippen molar-refractivity contribution in [3.05, 3.63) is 155 Å². The van der Waals surface area contributed by atoms with Gasteiger partial charge in [-0.2, -0.15) is 0 Å². The lowest BCUT2D eigenvalue weighted by Gasteiger charge is -2.37. The maximum atomic E-state index is 15.6. The number of benzene rings is 3. The number of Topliss-reactive ketones (excluding diaryl/α,β-unsaturated/α-hetero) is 4. The highest BCUT2D eigenvalue weighted by molar-refractivity contribution is 6.25. The first-order valence-electron chi connectivity index (χ1n) is 20.9. The molecular formula is C49H57N5O4. The lowest BCUT2D eigenvalue weighted by molar-refractivity contribution is -0.127. The monoisotopic (exact) mass is 779 g/mol.